The fourth-order valence-electron chi connectivity index (χ4n) is 4.82. The molecule has 2 fully saturated rings. The van der Waals surface area contributed by atoms with Crippen LogP contribution in [0.15, 0.2) is 36.9 Å². The molecule has 0 heterocycles. The van der Waals surface area contributed by atoms with Crippen LogP contribution in [-0.2, 0) is 6.42 Å². The van der Waals surface area contributed by atoms with E-state index in [4.69, 9.17) is 11.6 Å². The summed E-state index contributed by atoms with van der Waals surface area (Å²) < 4.78 is 0. The zero-order valence-electron chi connectivity index (χ0n) is 14.4. The van der Waals surface area contributed by atoms with Crippen molar-refractivity contribution < 1.29 is 0 Å². The molecule has 23 heavy (non-hydrogen) atoms. The highest BCUT2D eigenvalue weighted by Gasteiger charge is 2.30. The molecule has 0 nitrogen and oxygen atoms in total. The van der Waals surface area contributed by atoms with Crippen LogP contribution in [0.3, 0.4) is 0 Å². The fraction of sp³-hybridized carbons (Fsp3) is 0.636. The SMILES string of the molecule is C=C[C@H]1CC[C@H](C2CCC(CCc3ccc(Cl)cc3)CC2)CC1. The average Bonchev–Trinajstić information content (AvgIpc) is 2.62. The third kappa shape index (κ3) is 4.86. The number of hydrogen-bond donors (Lipinski definition) is 0. The van der Waals surface area contributed by atoms with Crippen LogP contribution >= 0.6 is 11.6 Å². The van der Waals surface area contributed by atoms with Crippen LogP contribution in [-0.4, -0.2) is 0 Å². The van der Waals surface area contributed by atoms with E-state index in [0.29, 0.717) is 0 Å². The number of hydrogen-bond acceptors (Lipinski definition) is 0. The molecule has 2 saturated carbocycles. The second-order valence-electron chi connectivity index (χ2n) is 7.86. The first kappa shape index (κ1) is 17.1. The molecule has 0 spiro atoms. The Kier molecular flexibility index (Phi) is 6.22. The summed E-state index contributed by atoms with van der Waals surface area (Å²) in [5, 5.41) is 0.848. The summed E-state index contributed by atoms with van der Waals surface area (Å²) in [5.41, 5.74) is 1.44. The third-order valence-corrected chi connectivity index (χ3v) is 6.71. The lowest BCUT2D eigenvalue weighted by atomic mass is 9.68. The van der Waals surface area contributed by atoms with E-state index in [9.17, 15) is 0 Å². The van der Waals surface area contributed by atoms with Crippen LogP contribution < -0.4 is 0 Å². The molecule has 0 radical (unpaired) electrons. The Morgan fingerprint density at radius 1 is 0.870 bits per heavy atom. The summed E-state index contributed by atoms with van der Waals surface area (Å²) in [7, 11) is 0. The topological polar surface area (TPSA) is 0 Å². The van der Waals surface area contributed by atoms with Crippen LogP contribution in [0, 0.1) is 23.7 Å². The Balaban J connectivity index is 1.38. The molecule has 2 aliphatic carbocycles. The van der Waals surface area contributed by atoms with E-state index < -0.39 is 0 Å². The third-order valence-electron chi connectivity index (χ3n) is 6.46. The van der Waals surface area contributed by atoms with Gasteiger partial charge in [0.05, 0.1) is 0 Å². The van der Waals surface area contributed by atoms with Crippen molar-refractivity contribution in [3.63, 3.8) is 0 Å². The van der Waals surface area contributed by atoms with Gasteiger partial charge < -0.3 is 0 Å². The van der Waals surface area contributed by atoms with Crippen molar-refractivity contribution in [1.29, 1.82) is 0 Å². The van der Waals surface area contributed by atoms with Gasteiger partial charge in [0.25, 0.3) is 0 Å². The molecule has 1 heteroatoms. The molecule has 0 N–H and O–H groups in total. The molecule has 1 aromatic rings. The van der Waals surface area contributed by atoms with E-state index in [1.54, 1.807) is 0 Å². The Labute approximate surface area is 147 Å². The van der Waals surface area contributed by atoms with E-state index in [1.807, 2.05) is 12.1 Å². The van der Waals surface area contributed by atoms with E-state index in [2.05, 4.69) is 24.8 Å². The van der Waals surface area contributed by atoms with Crippen LogP contribution in [0.25, 0.3) is 0 Å². The first-order chi connectivity index (χ1) is 11.2. The summed E-state index contributed by atoms with van der Waals surface area (Å²) in [5.74, 6) is 3.80. The van der Waals surface area contributed by atoms with Gasteiger partial charge in [0, 0.05) is 5.02 Å². The van der Waals surface area contributed by atoms with Crippen molar-refractivity contribution in [3.8, 4) is 0 Å². The van der Waals surface area contributed by atoms with Crippen molar-refractivity contribution in [3.05, 3.63) is 47.5 Å². The van der Waals surface area contributed by atoms with Crippen LogP contribution in [0.2, 0.25) is 5.02 Å². The van der Waals surface area contributed by atoms with Crippen molar-refractivity contribution in [2.45, 2.75) is 64.2 Å². The van der Waals surface area contributed by atoms with Crippen molar-refractivity contribution in [2.24, 2.45) is 23.7 Å². The second-order valence-corrected chi connectivity index (χ2v) is 8.29. The maximum Gasteiger partial charge on any atom is 0.0406 e. The molecule has 0 unspecified atom stereocenters. The summed E-state index contributed by atoms with van der Waals surface area (Å²) in [4.78, 5) is 0. The van der Waals surface area contributed by atoms with Gasteiger partial charge in [-0.15, -0.1) is 6.58 Å². The largest absolute Gasteiger partial charge is 0.103 e. The van der Waals surface area contributed by atoms with Crippen molar-refractivity contribution in [1.82, 2.24) is 0 Å². The number of aryl methyl sites for hydroxylation is 1. The maximum absolute atomic E-state index is 5.96. The van der Waals surface area contributed by atoms with Gasteiger partial charge in [-0.3, -0.25) is 0 Å². The van der Waals surface area contributed by atoms with E-state index in [1.165, 1.54) is 69.8 Å². The number of halogens is 1. The lowest BCUT2D eigenvalue weighted by Gasteiger charge is -2.37. The minimum atomic E-state index is 0.807. The molecule has 2 aliphatic rings. The molecule has 0 aliphatic heterocycles. The molecular weight excluding hydrogens is 300 g/mol. The number of rotatable bonds is 5. The smallest absolute Gasteiger partial charge is 0.0406 e. The van der Waals surface area contributed by atoms with Gasteiger partial charge in [-0.05, 0) is 92.7 Å². The Bertz CT molecular complexity index is 473. The second kappa shape index (κ2) is 8.38. The summed E-state index contributed by atoms with van der Waals surface area (Å²) in [6.45, 7) is 3.97. The van der Waals surface area contributed by atoms with E-state index in [-0.39, 0.29) is 0 Å². The summed E-state index contributed by atoms with van der Waals surface area (Å²) in [6, 6.07) is 8.42. The molecule has 0 bridgehead atoms. The normalized spacial score (nSPS) is 31.7. The van der Waals surface area contributed by atoms with Crippen LogP contribution in [0.5, 0.6) is 0 Å². The van der Waals surface area contributed by atoms with Crippen LogP contribution in [0.4, 0.5) is 0 Å². The van der Waals surface area contributed by atoms with E-state index >= 15 is 0 Å². The highest BCUT2D eigenvalue weighted by Crippen LogP contribution is 2.42. The van der Waals surface area contributed by atoms with Gasteiger partial charge in [0.15, 0.2) is 0 Å². The lowest BCUT2D eigenvalue weighted by Crippen LogP contribution is -2.25. The highest BCUT2D eigenvalue weighted by molar-refractivity contribution is 6.30. The Morgan fingerprint density at radius 3 is 2.00 bits per heavy atom. The van der Waals surface area contributed by atoms with Crippen LogP contribution in [0.1, 0.15) is 63.4 Å². The van der Waals surface area contributed by atoms with Gasteiger partial charge in [-0.1, -0.05) is 42.7 Å². The predicted molar refractivity (Wildman–Crippen MR) is 101 cm³/mol. The Hall–Kier alpha value is -0.750. The molecule has 0 aromatic heterocycles. The molecule has 0 saturated heterocycles. The monoisotopic (exact) mass is 330 g/mol. The fourth-order valence-corrected chi connectivity index (χ4v) is 4.95. The lowest BCUT2D eigenvalue weighted by molar-refractivity contribution is 0.153. The molecule has 126 valence electrons. The zero-order valence-corrected chi connectivity index (χ0v) is 15.1. The standard InChI is InChI=1S/C22H31Cl/c1-2-17-5-11-20(12-6-17)21-13-7-18(8-14-21)3-4-19-9-15-22(23)16-10-19/h2,9-10,15-18,20-21H,1,3-8,11-14H2/t17-,18?,20-,21?. The summed E-state index contributed by atoms with van der Waals surface area (Å²) in [6.07, 6.45) is 16.3. The maximum atomic E-state index is 5.96. The number of allylic oxidation sites excluding steroid dienone is 1. The van der Waals surface area contributed by atoms with Gasteiger partial charge in [-0.2, -0.15) is 0 Å². The van der Waals surface area contributed by atoms with Gasteiger partial charge in [-0.25, -0.2) is 0 Å². The van der Waals surface area contributed by atoms with Crippen molar-refractivity contribution >= 4 is 11.6 Å². The Morgan fingerprint density at radius 2 is 1.43 bits per heavy atom. The molecule has 3 rings (SSSR count). The molecular formula is C22H31Cl. The quantitative estimate of drug-likeness (QED) is 0.506. The summed E-state index contributed by atoms with van der Waals surface area (Å²) >= 11 is 5.96. The van der Waals surface area contributed by atoms with Crippen molar-refractivity contribution in [2.75, 3.05) is 0 Å². The van der Waals surface area contributed by atoms with Gasteiger partial charge in [0.1, 0.15) is 0 Å². The molecule has 1 aromatic carbocycles. The minimum absolute atomic E-state index is 0.807. The zero-order chi connectivity index (χ0) is 16.1. The first-order valence-corrected chi connectivity index (χ1v) is 9.99. The van der Waals surface area contributed by atoms with E-state index in [0.717, 1.165) is 28.7 Å². The average molecular weight is 331 g/mol. The minimum Gasteiger partial charge on any atom is -0.103 e. The molecule has 0 amide bonds. The first-order valence-electron chi connectivity index (χ1n) is 9.61. The van der Waals surface area contributed by atoms with Gasteiger partial charge >= 0.3 is 0 Å². The predicted octanol–water partition coefficient (Wildman–Crippen LogP) is 7.07. The molecule has 0 atom stereocenters. The van der Waals surface area contributed by atoms with Gasteiger partial charge in [0.2, 0.25) is 0 Å². The number of benzene rings is 1. The highest BCUT2D eigenvalue weighted by atomic mass is 35.5.